The molecule has 0 bridgehead atoms. The van der Waals surface area contributed by atoms with E-state index < -0.39 is 19.4 Å². The maximum Gasteiger partial charge on any atom is 0.375 e. The summed E-state index contributed by atoms with van der Waals surface area (Å²) in [6.45, 7) is 0. The molecule has 1 aliphatic heterocycles. The normalized spacial score (nSPS) is 16.8. The molecule has 0 fully saturated rings. The zero-order chi connectivity index (χ0) is 16.4. The minimum atomic E-state index is -3.60. The molecule has 23 heavy (non-hydrogen) atoms. The van der Waals surface area contributed by atoms with Gasteiger partial charge in [-0.1, -0.05) is 18.2 Å². The van der Waals surface area contributed by atoms with Gasteiger partial charge in [0.15, 0.2) is 0 Å². The second kappa shape index (κ2) is 6.16. The molecule has 0 saturated heterocycles. The highest BCUT2D eigenvalue weighted by atomic mass is 31.2. The van der Waals surface area contributed by atoms with Crippen molar-refractivity contribution in [2.24, 2.45) is 0 Å². The largest absolute Gasteiger partial charge is 0.457 e. The molecule has 0 aliphatic carbocycles. The Morgan fingerprint density at radius 3 is 2.35 bits per heavy atom. The van der Waals surface area contributed by atoms with Crippen LogP contribution < -0.4 is 4.74 Å². The smallest absolute Gasteiger partial charge is 0.375 e. The van der Waals surface area contributed by atoms with Crippen LogP contribution in [0.4, 0.5) is 0 Å². The van der Waals surface area contributed by atoms with Crippen molar-refractivity contribution >= 4 is 13.6 Å². The van der Waals surface area contributed by atoms with E-state index in [4.69, 9.17) is 18.5 Å². The summed E-state index contributed by atoms with van der Waals surface area (Å²) in [7, 11) is -1.10. The van der Waals surface area contributed by atoms with Crippen molar-refractivity contribution in [2.75, 3.05) is 14.2 Å². The Labute approximate surface area is 133 Å². The van der Waals surface area contributed by atoms with Crippen molar-refractivity contribution in [2.45, 2.75) is 5.85 Å². The van der Waals surface area contributed by atoms with Gasteiger partial charge in [0.05, 0.1) is 5.56 Å². The van der Waals surface area contributed by atoms with Crippen molar-refractivity contribution < 1.29 is 27.9 Å². The third-order valence-corrected chi connectivity index (χ3v) is 5.48. The second-order valence-corrected chi connectivity index (χ2v) is 7.11. The molecule has 0 aromatic heterocycles. The third-order valence-electron chi connectivity index (χ3n) is 3.50. The SMILES string of the molecule is COP(=O)(OC)C1OC(=O)c2ccc(Oc3ccccc3)cc21. The number of rotatable bonds is 5. The summed E-state index contributed by atoms with van der Waals surface area (Å²) in [6, 6.07) is 14.0. The molecule has 0 radical (unpaired) electrons. The Kier molecular flexibility index (Phi) is 4.22. The standard InChI is InChI=1S/C16H15O6P/c1-19-23(18,20-2)16-14-10-12(8-9-13(14)15(17)22-16)21-11-6-4-3-5-7-11/h3-10,16H,1-2H3. The van der Waals surface area contributed by atoms with Crippen LogP contribution in [0.2, 0.25) is 0 Å². The molecule has 1 heterocycles. The van der Waals surface area contributed by atoms with E-state index in [1.165, 1.54) is 14.2 Å². The van der Waals surface area contributed by atoms with Crippen LogP contribution in [-0.2, 0) is 18.3 Å². The summed E-state index contributed by atoms with van der Waals surface area (Å²) >= 11 is 0. The molecule has 0 N–H and O–H groups in total. The number of hydrogen-bond donors (Lipinski definition) is 0. The fourth-order valence-electron chi connectivity index (χ4n) is 2.35. The van der Waals surface area contributed by atoms with Crippen LogP contribution in [0, 0.1) is 0 Å². The van der Waals surface area contributed by atoms with E-state index in [0.717, 1.165) is 0 Å². The Hall–Kier alpha value is -2.14. The summed E-state index contributed by atoms with van der Waals surface area (Å²) in [5, 5.41) is 0. The zero-order valence-corrected chi connectivity index (χ0v) is 13.5. The fraction of sp³-hybridized carbons (Fsp3) is 0.188. The number of carbonyl (C=O) groups is 1. The van der Waals surface area contributed by atoms with Crippen LogP contribution in [0.3, 0.4) is 0 Å². The van der Waals surface area contributed by atoms with Crippen LogP contribution in [0.25, 0.3) is 0 Å². The fourth-order valence-corrected chi connectivity index (χ4v) is 3.66. The van der Waals surface area contributed by atoms with Gasteiger partial charge in [-0.25, -0.2) is 4.79 Å². The highest BCUT2D eigenvalue weighted by molar-refractivity contribution is 7.54. The van der Waals surface area contributed by atoms with Gasteiger partial charge >= 0.3 is 13.6 Å². The highest BCUT2D eigenvalue weighted by Gasteiger charge is 2.45. The summed E-state index contributed by atoms with van der Waals surface area (Å²) in [5.41, 5.74) is 0.750. The van der Waals surface area contributed by atoms with E-state index in [1.54, 1.807) is 18.2 Å². The lowest BCUT2D eigenvalue weighted by atomic mass is 10.1. The summed E-state index contributed by atoms with van der Waals surface area (Å²) < 4.78 is 33.4. The number of benzene rings is 2. The maximum absolute atomic E-state index is 12.6. The minimum absolute atomic E-state index is 0.324. The second-order valence-electron chi connectivity index (χ2n) is 4.83. The first-order valence-corrected chi connectivity index (χ1v) is 8.47. The van der Waals surface area contributed by atoms with Crippen LogP contribution in [0.1, 0.15) is 21.8 Å². The lowest BCUT2D eigenvalue weighted by molar-refractivity contribution is 0.0456. The van der Waals surface area contributed by atoms with Gasteiger partial charge in [0.25, 0.3) is 0 Å². The van der Waals surface area contributed by atoms with Gasteiger partial charge in [-0.3, -0.25) is 4.57 Å². The number of fused-ring (bicyclic) bond motifs is 1. The van der Waals surface area contributed by atoms with Crippen LogP contribution in [0.15, 0.2) is 48.5 Å². The maximum atomic E-state index is 12.6. The third kappa shape index (κ3) is 2.88. The number of esters is 1. The highest BCUT2D eigenvalue weighted by Crippen LogP contribution is 2.63. The Morgan fingerprint density at radius 1 is 1.00 bits per heavy atom. The van der Waals surface area contributed by atoms with Gasteiger partial charge in [0, 0.05) is 19.8 Å². The summed E-state index contributed by atoms with van der Waals surface area (Å²) in [6.07, 6.45) is 0. The number of cyclic esters (lactones) is 1. The van der Waals surface area contributed by atoms with Crippen molar-refractivity contribution in [1.82, 2.24) is 0 Å². The van der Waals surface area contributed by atoms with E-state index in [9.17, 15) is 9.36 Å². The molecule has 1 aliphatic rings. The van der Waals surface area contributed by atoms with E-state index >= 15 is 0 Å². The molecule has 2 aromatic rings. The molecule has 0 saturated carbocycles. The average molecular weight is 334 g/mol. The van der Waals surface area contributed by atoms with Gasteiger partial charge in [-0.05, 0) is 30.3 Å². The minimum Gasteiger partial charge on any atom is -0.457 e. The van der Waals surface area contributed by atoms with Crippen molar-refractivity contribution in [3.63, 3.8) is 0 Å². The van der Waals surface area contributed by atoms with Gasteiger partial charge < -0.3 is 18.5 Å². The summed E-state index contributed by atoms with van der Waals surface area (Å²) in [5.74, 6) is -0.516. The van der Waals surface area contributed by atoms with Crippen molar-refractivity contribution in [3.05, 3.63) is 59.7 Å². The number of hydrogen-bond acceptors (Lipinski definition) is 6. The predicted molar refractivity (Wildman–Crippen MR) is 82.7 cm³/mol. The first-order valence-electron chi connectivity index (χ1n) is 6.86. The number of ether oxygens (including phenoxy) is 2. The monoisotopic (exact) mass is 334 g/mol. The Morgan fingerprint density at radius 2 is 1.70 bits per heavy atom. The van der Waals surface area contributed by atoms with Crippen LogP contribution >= 0.6 is 7.60 Å². The Bertz CT molecular complexity index is 765. The van der Waals surface area contributed by atoms with Gasteiger partial charge in [-0.15, -0.1) is 0 Å². The summed E-state index contributed by atoms with van der Waals surface area (Å²) in [4.78, 5) is 11.9. The zero-order valence-electron chi connectivity index (χ0n) is 12.6. The average Bonchev–Trinajstić information content (AvgIpc) is 2.92. The molecule has 3 rings (SSSR count). The van der Waals surface area contributed by atoms with Gasteiger partial charge in [-0.2, -0.15) is 0 Å². The first-order chi connectivity index (χ1) is 11.1. The molecule has 0 spiro atoms. The number of carbonyl (C=O) groups excluding carboxylic acids is 1. The quantitative estimate of drug-likeness (QED) is 0.605. The molecule has 6 nitrogen and oxygen atoms in total. The van der Waals surface area contributed by atoms with E-state index in [0.29, 0.717) is 22.6 Å². The topological polar surface area (TPSA) is 71.1 Å². The molecule has 1 atom stereocenters. The van der Waals surface area contributed by atoms with Crippen LogP contribution in [-0.4, -0.2) is 20.2 Å². The van der Waals surface area contributed by atoms with E-state index in [-0.39, 0.29) is 0 Å². The molecule has 120 valence electrons. The lowest BCUT2D eigenvalue weighted by Gasteiger charge is -2.20. The van der Waals surface area contributed by atoms with Gasteiger partial charge in [0.2, 0.25) is 5.85 Å². The number of para-hydroxylation sites is 1. The van der Waals surface area contributed by atoms with Crippen molar-refractivity contribution in [1.29, 1.82) is 0 Å². The molecule has 7 heteroatoms. The predicted octanol–water partition coefficient (Wildman–Crippen LogP) is 4.13. The molecule has 0 amide bonds. The molecular weight excluding hydrogens is 319 g/mol. The van der Waals surface area contributed by atoms with E-state index in [2.05, 4.69) is 0 Å². The van der Waals surface area contributed by atoms with Crippen molar-refractivity contribution in [3.8, 4) is 11.5 Å². The molecule has 1 unspecified atom stereocenters. The molecule has 2 aromatic carbocycles. The van der Waals surface area contributed by atoms with Gasteiger partial charge in [0.1, 0.15) is 11.5 Å². The molecular formula is C16H15O6P. The first kappa shape index (κ1) is 15.7. The van der Waals surface area contributed by atoms with E-state index in [1.807, 2.05) is 30.3 Å². The Balaban J connectivity index is 1.97. The van der Waals surface area contributed by atoms with Crippen LogP contribution in [0.5, 0.6) is 11.5 Å². The lowest BCUT2D eigenvalue weighted by Crippen LogP contribution is -2.03.